The van der Waals surface area contributed by atoms with E-state index in [1.807, 2.05) is 36.4 Å². The van der Waals surface area contributed by atoms with Gasteiger partial charge in [0.15, 0.2) is 12.1 Å². The van der Waals surface area contributed by atoms with Gasteiger partial charge in [0.2, 0.25) is 10.0 Å². The number of aldehydes is 1. The van der Waals surface area contributed by atoms with E-state index in [0.717, 1.165) is 45.6 Å². The fraction of sp³-hybridized carbons (Fsp3) is 0.179. The van der Waals surface area contributed by atoms with E-state index in [9.17, 15) is 22.8 Å². The molecule has 2 heterocycles. The molecule has 0 saturated carbocycles. The van der Waals surface area contributed by atoms with Crippen LogP contribution in [-0.2, 0) is 16.6 Å². The van der Waals surface area contributed by atoms with Crippen LogP contribution in [0, 0.1) is 0 Å². The van der Waals surface area contributed by atoms with Crippen LogP contribution in [0.5, 0.6) is 0 Å². The third-order valence-corrected chi connectivity index (χ3v) is 8.46. The Morgan fingerprint density at radius 1 is 0.889 bits per heavy atom. The molecule has 1 aromatic heterocycles. The average molecular weight is 501 g/mol. The van der Waals surface area contributed by atoms with Crippen molar-refractivity contribution >= 4 is 32.9 Å². The summed E-state index contributed by atoms with van der Waals surface area (Å²) in [5.41, 5.74) is 2.06. The normalized spacial score (nSPS) is 14.2. The molecule has 0 atom stereocenters. The molecule has 0 bridgehead atoms. The molecule has 0 radical (unpaired) electrons. The summed E-state index contributed by atoms with van der Waals surface area (Å²) < 4.78 is 28.3. The van der Waals surface area contributed by atoms with Crippen LogP contribution in [0.15, 0.2) is 88.7 Å². The Bertz CT molecular complexity index is 1630. The number of nitrogens with zero attached hydrogens (tertiary/aromatic N) is 2. The Morgan fingerprint density at radius 2 is 1.61 bits per heavy atom. The van der Waals surface area contributed by atoms with Gasteiger partial charge in [-0.1, -0.05) is 60.7 Å². The number of benzene rings is 3. The van der Waals surface area contributed by atoms with Gasteiger partial charge in [0.1, 0.15) is 0 Å². The van der Waals surface area contributed by atoms with E-state index in [1.54, 1.807) is 24.3 Å². The quantitative estimate of drug-likeness (QED) is 0.281. The molecule has 8 heteroatoms. The largest absolute Gasteiger partial charge is 0.306 e. The second-order valence-electron chi connectivity index (χ2n) is 8.81. The zero-order chi connectivity index (χ0) is 25.3. The lowest BCUT2D eigenvalue weighted by molar-refractivity contribution is 0.0970. The minimum atomic E-state index is -3.70. The van der Waals surface area contributed by atoms with Gasteiger partial charge in [-0.15, -0.1) is 0 Å². The molecule has 0 spiro atoms. The lowest BCUT2D eigenvalue weighted by atomic mass is 9.94. The van der Waals surface area contributed by atoms with Crippen LogP contribution in [0.3, 0.4) is 0 Å². The molecular formula is C28H24N2O5S. The summed E-state index contributed by atoms with van der Waals surface area (Å²) in [5, 5.41) is 1.82. The first-order valence-electron chi connectivity index (χ1n) is 11.7. The van der Waals surface area contributed by atoms with Crippen molar-refractivity contribution in [3.63, 3.8) is 0 Å². The lowest BCUT2D eigenvalue weighted by Gasteiger charge is -2.16. The molecular weight excluding hydrogens is 476 g/mol. The number of hydrogen-bond donors (Lipinski definition) is 0. The van der Waals surface area contributed by atoms with Gasteiger partial charge in [-0.25, -0.2) is 8.42 Å². The fourth-order valence-electron chi connectivity index (χ4n) is 4.62. The summed E-state index contributed by atoms with van der Waals surface area (Å²) in [4.78, 5) is 37.2. The molecule has 0 aliphatic carbocycles. The van der Waals surface area contributed by atoms with Gasteiger partial charge in [0.25, 0.3) is 5.56 Å². The number of carbonyl (C=O) groups is 2. The summed E-state index contributed by atoms with van der Waals surface area (Å²) in [6, 6.07) is 20.8. The molecule has 5 rings (SSSR count). The molecule has 1 aliphatic rings. The predicted octanol–water partition coefficient (Wildman–Crippen LogP) is 4.15. The fourth-order valence-corrected chi connectivity index (χ4v) is 6.16. The third-order valence-electron chi connectivity index (χ3n) is 6.58. The zero-order valence-corrected chi connectivity index (χ0v) is 20.3. The summed E-state index contributed by atoms with van der Waals surface area (Å²) >= 11 is 0. The number of rotatable bonds is 7. The van der Waals surface area contributed by atoms with E-state index in [0.29, 0.717) is 24.2 Å². The molecule has 0 amide bonds. The maximum atomic E-state index is 13.0. The van der Waals surface area contributed by atoms with Crippen molar-refractivity contribution in [3.05, 3.63) is 100 Å². The highest BCUT2D eigenvalue weighted by Crippen LogP contribution is 2.29. The first kappa shape index (κ1) is 23.8. The number of pyridine rings is 1. The third kappa shape index (κ3) is 4.41. The summed E-state index contributed by atoms with van der Waals surface area (Å²) in [6.45, 7) is 0.628. The Labute approximate surface area is 208 Å². The molecule has 182 valence electrons. The van der Waals surface area contributed by atoms with Gasteiger partial charge in [-0.3, -0.25) is 14.4 Å². The van der Waals surface area contributed by atoms with Gasteiger partial charge >= 0.3 is 0 Å². The summed E-state index contributed by atoms with van der Waals surface area (Å²) in [6.07, 6.45) is 3.70. The van der Waals surface area contributed by atoms with E-state index in [-0.39, 0.29) is 17.2 Å². The molecule has 1 fully saturated rings. The molecule has 1 aliphatic heterocycles. The van der Waals surface area contributed by atoms with E-state index >= 15 is 0 Å². The monoisotopic (exact) mass is 500 g/mol. The van der Waals surface area contributed by atoms with Crippen LogP contribution >= 0.6 is 0 Å². The van der Waals surface area contributed by atoms with E-state index in [1.165, 1.54) is 22.6 Å². The van der Waals surface area contributed by atoms with Crippen molar-refractivity contribution < 1.29 is 18.0 Å². The smallest absolute Gasteiger partial charge is 0.251 e. The lowest BCUT2D eigenvalue weighted by Crippen LogP contribution is -2.30. The number of fused-ring (bicyclic) bond motifs is 1. The van der Waals surface area contributed by atoms with Crippen molar-refractivity contribution in [2.45, 2.75) is 24.3 Å². The standard InChI is InChI=1S/C28H24N2O5S/c31-19-26-24-6-2-1-5-20(24)11-13-25(26)21-7-9-22(10-8-21)27(32)18-29-17-23(12-14-28(29)33)36(34,35)30-15-3-4-16-30/h1-2,5-14,17,19H,3-4,15-16,18H2. The number of Topliss-reactive ketones (excluding diaryl/α,β-unsaturated/α-hetero) is 1. The van der Waals surface area contributed by atoms with Crippen molar-refractivity contribution in [1.82, 2.24) is 8.87 Å². The van der Waals surface area contributed by atoms with E-state index < -0.39 is 15.6 Å². The molecule has 0 N–H and O–H groups in total. The van der Waals surface area contributed by atoms with Gasteiger partial charge in [0, 0.05) is 36.5 Å². The van der Waals surface area contributed by atoms with Gasteiger partial charge < -0.3 is 4.57 Å². The van der Waals surface area contributed by atoms with Crippen LogP contribution in [0.25, 0.3) is 21.9 Å². The molecule has 36 heavy (non-hydrogen) atoms. The van der Waals surface area contributed by atoms with Gasteiger partial charge in [-0.2, -0.15) is 4.31 Å². The van der Waals surface area contributed by atoms with Crippen LogP contribution in [-0.4, -0.2) is 42.4 Å². The zero-order valence-electron chi connectivity index (χ0n) is 19.5. The summed E-state index contributed by atoms with van der Waals surface area (Å²) in [7, 11) is -3.70. The second kappa shape index (κ2) is 9.64. The topological polar surface area (TPSA) is 93.5 Å². The molecule has 7 nitrogen and oxygen atoms in total. The Balaban J connectivity index is 1.40. The van der Waals surface area contributed by atoms with Crippen molar-refractivity contribution in [3.8, 4) is 11.1 Å². The predicted molar refractivity (Wildman–Crippen MR) is 138 cm³/mol. The van der Waals surface area contributed by atoms with E-state index in [2.05, 4.69) is 0 Å². The van der Waals surface area contributed by atoms with E-state index in [4.69, 9.17) is 0 Å². The highest BCUT2D eigenvalue weighted by molar-refractivity contribution is 7.89. The van der Waals surface area contributed by atoms with Gasteiger partial charge in [0.05, 0.1) is 11.4 Å². The number of ketones is 1. The molecule has 1 saturated heterocycles. The molecule has 0 unspecified atom stereocenters. The number of carbonyl (C=O) groups excluding carboxylic acids is 2. The maximum absolute atomic E-state index is 13.0. The highest BCUT2D eigenvalue weighted by atomic mass is 32.2. The first-order chi connectivity index (χ1) is 17.4. The first-order valence-corrected chi connectivity index (χ1v) is 13.1. The minimum absolute atomic E-state index is 0.00449. The Kier molecular flexibility index (Phi) is 6.38. The highest BCUT2D eigenvalue weighted by Gasteiger charge is 2.27. The maximum Gasteiger partial charge on any atom is 0.251 e. The van der Waals surface area contributed by atoms with Crippen LogP contribution < -0.4 is 5.56 Å². The number of sulfonamides is 1. The van der Waals surface area contributed by atoms with Crippen LogP contribution in [0.1, 0.15) is 33.6 Å². The van der Waals surface area contributed by atoms with Crippen molar-refractivity contribution in [2.24, 2.45) is 0 Å². The average Bonchev–Trinajstić information content (AvgIpc) is 3.45. The van der Waals surface area contributed by atoms with Crippen molar-refractivity contribution in [1.29, 1.82) is 0 Å². The number of hydrogen-bond acceptors (Lipinski definition) is 5. The molecule has 3 aromatic carbocycles. The van der Waals surface area contributed by atoms with Crippen LogP contribution in [0.2, 0.25) is 0 Å². The van der Waals surface area contributed by atoms with Crippen LogP contribution in [0.4, 0.5) is 0 Å². The summed E-state index contributed by atoms with van der Waals surface area (Å²) in [5.74, 6) is -0.325. The van der Waals surface area contributed by atoms with Gasteiger partial charge in [-0.05, 0) is 40.8 Å². The molecule has 4 aromatic rings. The second-order valence-corrected chi connectivity index (χ2v) is 10.7. The Hall–Kier alpha value is -3.88. The minimum Gasteiger partial charge on any atom is -0.306 e. The number of aromatic nitrogens is 1. The SMILES string of the molecule is O=Cc1c(-c2ccc(C(=O)Cn3cc(S(=O)(=O)N4CCCC4)ccc3=O)cc2)ccc2ccccc12. The Morgan fingerprint density at radius 3 is 2.33 bits per heavy atom. The van der Waals surface area contributed by atoms with Crippen molar-refractivity contribution in [2.75, 3.05) is 13.1 Å².